The highest BCUT2D eigenvalue weighted by Crippen LogP contribution is 2.24. The second kappa shape index (κ2) is 8.47. The van der Waals surface area contributed by atoms with Crippen molar-refractivity contribution < 1.29 is 9.53 Å². The van der Waals surface area contributed by atoms with Crippen LogP contribution in [0.4, 0.5) is 0 Å². The fourth-order valence-electron chi connectivity index (χ4n) is 3.82. The molecule has 5 nitrogen and oxygen atoms in total. The van der Waals surface area contributed by atoms with E-state index < -0.39 is 0 Å². The molecule has 0 saturated carbocycles. The number of hydrogen-bond donors (Lipinski definition) is 0. The quantitative estimate of drug-likeness (QED) is 0.832. The average Bonchev–Trinajstić information content (AvgIpc) is 2.64. The maximum absolute atomic E-state index is 12.0. The van der Waals surface area contributed by atoms with E-state index in [4.69, 9.17) is 4.74 Å². The van der Waals surface area contributed by atoms with E-state index in [1.807, 2.05) is 12.1 Å². The van der Waals surface area contributed by atoms with E-state index in [0.717, 1.165) is 64.0 Å². The summed E-state index contributed by atoms with van der Waals surface area (Å²) in [6.45, 7) is 6.13. The van der Waals surface area contributed by atoms with E-state index in [0.29, 0.717) is 24.5 Å². The summed E-state index contributed by atoms with van der Waals surface area (Å²) in [6, 6.07) is 4.49. The first-order chi connectivity index (χ1) is 11.8. The van der Waals surface area contributed by atoms with Crippen molar-refractivity contribution in [1.29, 1.82) is 0 Å². The molecule has 0 atom stereocenters. The van der Waals surface area contributed by atoms with E-state index in [1.54, 1.807) is 12.4 Å². The number of rotatable bonds is 5. The summed E-state index contributed by atoms with van der Waals surface area (Å²) in [6.07, 6.45) is 9.91. The van der Waals surface area contributed by atoms with Crippen molar-refractivity contribution in [3.63, 3.8) is 0 Å². The lowest BCUT2D eigenvalue weighted by Crippen LogP contribution is -2.50. The van der Waals surface area contributed by atoms with Gasteiger partial charge in [0.25, 0.3) is 0 Å². The largest absolute Gasteiger partial charge is 0.490 e. The molecule has 0 radical (unpaired) electrons. The second-order valence-electron chi connectivity index (χ2n) is 6.90. The standard InChI is InChI=1S/C19H29N3O2/c1-2-3-19(23)22-12-6-16(7-13-22)21-14-8-18(9-15-21)24-17-4-10-20-11-5-17/h4-5,10-11,16,18H,2-3,6-9,12-15H2,1H3. The van der Waals surface area contributed by atoms with Crippen LogP contribution in [0.3, 0.4) is 0 Å². The summed E-state index contributed by atoms with van der Waals surface area (Å²) in [5.74, 6) is 1.26. The molecule has 0 spiro atoms. The fourth-order valence-corrected chi connectivity index (χ4v) is 3.82. The summed E-state index contributed by atoms with van der Waals surface area (Å²) in [5, 5.41) is 0. The molecule has 0 unspecified atom stereocenters. The smallest absolute Gasteiger partial charge is 0.222 e. The Kier molecular flexibility index (Phi) is 6.07. The average molecular weight is 331 g/mol. The minimum Gasteiger partial charge on any atom is -0.490 e. The van der Waals surface area contributed by atoms with Gasteiger partial charge in [-0.15, -0.1) is 0 Å². The second-order valence-corrected chi connectivity index (χ2v) is 6.90. The minimum absolute atomic E-state index is 0.315. The highest BCUT2D eigenvalue weighted by molar-refractivity contribution is 5.76. The van der Waals surface area contributed by atoms with Crippen LogP contribution in [0.1, 0.15) is 45.4 Å². The van der Waals surface area contributed by atoms with Gasteiger partial charge in [0.05, 0.1) is 0 Å². The maximum atomic E-state index is 12.0. The molecule has 1 amide bonds. The van der Waals surface area contributed by atoms with Gasteiger partial charge in [-0.1, -0.05) is 6.92 Å². The van der Waals surface area contributed by atoms with E-state index in [1.165, 1.54) is 0 Å². The number of nitrogens with zero attached hydrogens (tertiary/aromatic N) is 3. The molecule has 0 aromatic carbocycles. The number of amides is 1. The van der Waals surface area contributed by atoms with Gasteiger partial charge in [-0.2, -0.15) is 0 Å². The Hall–Kier alpha value is -1.62. The van der Waals surface area contributed by atoms with E-state index >= 15 is 0 Å². The first-order valence-electron chi connectivity index (χ1n) is 9.34. The predicted octanol–water partition coefficient (Wildman–Crippen LogP) is 2.72. The van der Waals surface area contributed by atoms with Crippen molar-refractivity contribution in [1.82, 2.24) is 14.8 Å². The Labute approximate surface area is 145 Å². The highest BCUT2D eigenvalue weighted by atomic mass is 16.5. The number of carbonyl (C=O) groups excluding carboxylic acids is 1. The zero-order valence-corrected chi connectivity index (χ0v) is 14.7. The van der Waals surface area contributed by atoms with Crippen molar-refractivity contribution >= 4 is 5.91 Å². The third kappa shape index (κ3) is 4.47. The van der Waals surface area contributed by atoms with Crippen LogP contribution < -0.4 is 4.74 Å². The predicted molar refractivity (Wildman–Crippen MR) is 94.0 cm³/mol. The van der Waals surface area contributed by atoms with Gasteiger partial charge in [-0.3, -0.25) is 14.7 Å². The zero-order chi connectivity index (χ0) is 16.8. The van der Waals surface area contributed by atoms with Crippen molar-refractivity contribution in [3.05, 3.63) is 24.5 Å². The minimum atomic E-state index is 0.315. The Morgan fingerprint density at radius 1 is 1.12 bits per heavy atom. The Bertz CT molecular complexity index is 507. The molecule has 2 aliphatic heterocycles. The van der Waals surface area contributed by atoms with E-state index in [2.05, 4.69) is 21.7 Å². The third-order valence-electron chi connectivity index (χ3n) is 5.23. The molecule has 0 N–H and O–H groups in total. The van der Waals surface area contributed by atoms with Crippen molar-refractivity contribution in [2.24, 2.45) is 0 Å². The van der Waals surface area contributed by atoms with Crippen molar-refractivity contribution in [2.75, 3.05) is 26.2 Å². The van der Waals surface area contributed by atoms with Crippen molar-refractivity contribution in [3.8, 4) is 5.75 Å². The summed E-state index contributed by atoms with van der Waals surface area (Å²) in [7, 11) is 0. The van der Waals surface area contributed by atoms with Crippen LogP contribution in [-0.4, -0.2) is 59.0 Å². The van der Waals surface area contributed by atoms with Crippen LogP contribution in [0.5, 0.6) is 5.75 Å². The van der Waals surface area contributed by atoms with Crippen LogP contribution in [0.2, 0.25) is 0 Å². The SMILES string of the molecule is CCCC(=O)N1CCC(N2CCC(Oc3ccncc3)CC2)CC1. The molecular formula is C19H29N3O2. The number of aromatic nitrogens is 1. The Morgan fingerprint density at radius 2 is 1.79 bits per heavy atom. The number of hydrogen-bond acceptors (Lipinski definition) is 4. The van der Waals surface area contributed by atoms with E-state index in [-0.39, 0.29) is 0 Å². The van der Waals surface area contributed by atoms with Gasteiger partial charge in [0, 0.05) is 51.0 Å². The molecule has 132 valence electrons. The maximum Gasteiger partial charge on any atom is 0.222 e. The molecular weight excluding hydrogens is 302 g/mol. The molecule has 3 heterocycles. The zero-order valence-electron chi connectivity index (χ0n) is 14.7. The molecule has 2 fully saturated rings. The lowest BCUT2D eigenvalue weighted by molar-refractivity contribution is -0.132. The molecule has 3 rings (SSSR count). The molecule has 1 aromatic rings. The summed E-state index contributed by atoms with van der Waals surface area (Å²) in [4.78, 5) is 20.7. The monoisotopic (exact) mass is 331 g/mol. The van der Waals surface area contributed by atoms with Gasteiger partial charge in [-0.25, -0.2) is 0 Å². The molecule has 1 aromatic heterocycles. The van der Waals surface area contributed by atoms with E-state index in [9.17, 15) is 4.79 Å². The lowest BCUT2D eigenvalue weighted by atomic mass is 9.98. The Balaban J connectivity index is 1.40. The van der Waals surface area contributed by atoms with Gasteiger partial charge in [-0.05, 0) is 44.2 Å². The van der Waals surface area contributed by atoms with Crippen molar-refractivity contribution in [2.45, 2.75) is 57.6 Å². The number of pyridine rings is 1. The molecule has 24 heavy (non-hydrogen) atoms. The fraction of sp³-hybridized carbons (Fsp3) is 0.684. The Morgan fingerprint density at radius 3 is 2.42 bits per heavy atom. The lowest BCUT2D eigenvalue weighted by Gasteiger charge is -2.41. The van der Waals surface area contributed by atoms with Crippen LogP contribution in [0, 0.1) is 0 Å². The van der Waals surface area contributed by atoms with Gasteiger partial charge < -0.3 is 9.64 Å². The number of likely N-dealkylation sites (tertiary alicyclic amines) is 2. The van der Waals surface area contributed by atoms with Gasteiger partial charge >= 0.3 is 0 Å². The van der Waals surface area contributed by atoms with Crippen LogP contribution >= 0.6 is 0 Å². The van der Waals surface area contributed by atoms with Gasteiger partial charge in [0.15, 0.2) is 0 Å². The van der Waals surface area contributed by atoms with Gasteiger partial charge in [0.1, 0.15) is 11.9 Å². The number of carbonyl (C=O) groups is 1. The first-order valence-corrected chi connectivity index (χ1v) is 9.34. The molecule has 2 saturated heterocycles. The third-order valence-corrected chi connectivity index (χ3v) is 5.23. The molecule has 2 aliphatic rings. The summed E-state index contributed by atoms with van der Waals surface area (Å²) >= 11 is 0. The summed E-state index contributed by atoms with van der Waals surface area (Å²) < 4.78 is 6.05. The topological polar surface area (TPSA) is 45.7 Å². The normalized spacial score (nSPS) is 21.0. The molecule has 0 aliphatic carbocycles. The summed E-state index contributed by atoms with van der Waals surface area (Å²) in [5.41, 5.74) is 0. The number of piperidine rings is 2. The van der Waals surface area contributed by atoms with Gasteiger partial charge in [0.2, 0.25) is 5.91 Å². The number of ether oxygens (including phenoxy) is 1. The van der Waals surface area contributed by atoms with Crippen LogP contribution in [0.15, 0.2) is 24.5 Å². The highest BCUT2D eigenvalue weighted by Gasteiger charge is 2.29. The molecule has 5 heteroatoms. The van der Waals surface area contributed by atoms with Crippen LogP contribution in [0.25, 0.3) is 0 Å². The van der Waals surface area contributed by atoms with Crippen LogP contribution in [-0.2, 0) is 4.79 Å². The molecule has 0 bridgehead atoms. The first kappa shape index (κ1) is 17.2.